The lowest BCUT2D eigenvalue weighted by Gasteiger charge is -2.33. The zero-order valence-electron chi connectivity index (χ0n) is 14.7. The van der Waals surface area contributed by atoms with Gasteiger partial charge in [0.25, 0.3) is 0 Å². The second-order valence-corrected chi connectivity index (χ2v) is 8.21. The normalized spacial score (nSPS) is 18.0. The Morgan fingerprint density at radius 2 is 2.09 bits per heavy atom. The number of carbonyl (C=O) groups is 1. The monoisotopic (exact) mass is 339 g/mol. The van der Waals surface area contributed by atoms with E-state index in [1.54, 1.807) is 11.3 Å². The maximum absolute atomic E-state index is 12.0. The largest absolute Gasteiger partial charge is 0.444 e. The Bertz CT molecular complexity index is 473. The van der Waals surface area contributed by atoms with Gasteiger partial charge in [-0.3, -0.25) is 0 Å². The maximum Gasteiger partial charge on any atom is 0.410 e. The summed E-state index contributed by atoms with van der Waals surface area (Å²) in [5, 5.41) is 2.08. The number of rotatable bonds is 5. The molecular weight excluding hydrogens is 310 g/mol. The Kier molecular flexibility index (Phi) is 6.48. The minimum atomic E-state index is -0.417. The van der Waals surface area contributed by atoms with Gasteiger partial charge in [-0.15, -0.1) is 11.3 Å². The second kappa shape index (κ2) is 8.15. The molecule has 0 spiro atoms. The first-order chi connectivity index (χ1) is 10.8. The molecule has 4 nitrogen and oxygen atoms in total. The van der Waals surface area contributed by atoms with Crippen molar-refractivity contribution < 1.29 is 14.3 Å². The van der Waals surface area contributed by atoms with E-state index < -0.39 is 5.60 Å². The number of carbonyl (C=O) groups excluding carboxylic acids is 1. The molecule has 1 aromatic rings. The van der Waals surface area contributed by atoms with E-state index in [4.69, 9.17) is 9.47 Å². The van der Waals surface area contributed by atoms with Gasteiger partial charge in [-0.05, 0) is 64.3 Å². The van der Waals surface area contributed by atoms with E-state index >= 15 is 0 Å². The predicted molar refractivity (Wildman–Crippen MR) is 93.8 cm³/mol. The molecule has 0 bridgehead atoms. The Balaban J connectivity index is 1.64. The quantitative estimate of drug-likeness (QED) is 0.769. The topological polar surface area (TPSA) is 38.8 Å². The van der Waals surface area contributed by atoms with Crippen LogP contribution in [0.25, 0.3) is 0 Å². The van der Waals surface area contributed by atoms with Crippen LogP contribution in [0.1, 0.15) is 57.9 Å². The molecule has 1 fully saturated rings. The van der Waals surface area contributed by atoms with Crippen molar-refractivity contribution in [3.63, 3.8) is 0 Å². The molecule has 130 valence electrons. The molecule has 1 aliphatic rings. The highest BCUT2D eigenvalue weighted by Gasteiger charge is 2.26. The lowest BCUT2D eigenvalue weighted by atomic mass is 9.94. The summed E-state index contributed by atoms with van der Waals surface area (Å²) in [6, 6.07) is 4.18. The molecule has 1 aromatic heterocycles. The molecule has 0 unspecified atom stereocenters. The number of nitrogens with zero attached hydrogens (tertiary/aromatic N) is 1. The fourth-order valence-corrected chi connectivity index (χ4v) is 3.48. The lowest BCUT2D eigenvalue weighted by Crippen LogP contribution is -2.41. The average molecular weight is 340 g/mol. The van der Waals surface area contributed by atoms with Crippen molar-refractivity contribution in [2.24, 2.45) is 5.92 Å². The molecule has 1 amide bonds. The minimum absolute atomic E-state index is 0.178. The summed E-state index contributed by atoms with van der Waals surface area (Å²) >= 11 is 1.74. The highest BCUT2D eigenvalue weighted by atomic mass is 32.1. The fourth-order valence-electron chi connectivity index (χ4n) is 2.75. The summed E-state index contributed by atoms with van der Waals surface area (Å²) < 4.78 is 11.4. The number of hydrogen-bond acceptors (Lipinski definition) is 4. The van der Waals surface area contributed by atoms with Crippen molar-refractivity contribution in [1.29, 1.82) is 0 Å². The van der Waals surface area contributed by atoms with E-state index in [9.17, 15) is 4.79 Å². The summed E-state index contributed by atoms with van der Waals surface area (Å²) in [7, 11) is 0. The van der Waals surface area contributed by atoms with Crippen LogP contribution in [0.15, 0.2) is 17.5 Å². The second-order valence-electron chi connectivity index (χ2n) is 7.23. The van der Waals surface area contributed by atoms with Gasteiger partial charge in [-0.2, -0.15) is 0 Å². The van der Waals surface area contributed by atoms with Crippen LogP contribution in [-0.4, -0.2) is 36.3 Å². The molecule has 2 rings (SSSR count). The first kappa shape index (κ1) is 18.3. The minimum Gasteiger partial charge on any atom is -0.444 e. The Morgan fingerprint density at radius 1 is 1.39 bits per heavy atom. The Hall–Kier alpha value is -1.07. The number of likely N-dealkylation sites (tertiary alicyclic amines) is 1. The van der Waals surface area contributed by atoms with Crippen molar-refractivity contribution >= 4 is 17.4 Å². The third-order valence-electron chi connectivity index (χ3n) is 4.10. The van der Waals surface area contributed by atoms with Gasteiger partial charge >= 0.3 is 6.09 Å². The van der Waals surface area contributed by atoms with E-state index in [2.05, 4.69) is 24.4 Å². The van der Waals surface area contributed by atoms with Crippen LogP contribution in [0.2, 0.25) is 0 Å². The van der Waals surface area contributed by atoms with E-state index in [1.165, 1.54) is 4.88 Å². The van der Waals surface area contributed by atoms with Crippen LogP contribution in [0.4, 0.5) is 4.79 Å². The van der Waals surface area contributed by atoms with Crippen molar-refractivity contribution in [2.75, 3.05) is 19.7 Å². The summed E-state index contributed by atoms with van der Waals surface area (Å²) in [5.41, 5.74) is -0.417. The molecule has 5 heteroatoms. The van der Waals surface area contributed by atoms with Gasteiger partial charge in [0.2, 0.25) is 0 Å². The maximum atomic E-state index is 12.0. The molecular formula is C18H29NO3S. The molecule has 23 heavy (non-hydrogen) atoms. The first-order valence-electron chi connectivity index (χ1n) is 8.48. The van der Waals surface area contributed by atoms with Gasteiger partial charge in [0.1, 0.15) is 5.60 Å². The SMILES string of the molecule is C[C@@H](OCCC1CCN(C(=O)OC(C)(C)C)CC1)c1cccs1. The zero-order valence-corrected chi connectivity index (χ0v) is 15.5. The Labute approximate surface area is 143 Å². The average Bonchev–Trinajstić information content (AvgIpc) is 3.00. The predicted octanol–water partition coefficient (Wildman–Crippen LogP) is 4.86. The highest BCUT2D eigenvalue weighted by Crippen LogP contribution is 2.25. The number of amides is 1. The number of hydrogen-bond donors (Lipinski definition) is 0. The summed E-state index contributed by atoms with van der Waals surface area (Å²) in [6.07, 6.45) is 3.14. The van der Waals surface area contributed by atoms with Crippen molar-refractivity contribution in [3.8, 4) is 0 Å². The lowest BCUT2D eigenvalue weighted by molar-refractivity contribution is 0.0147. The molecule has 2 heterocycles. The first-order valence-corrected chi connectivity index (χ1v) is 9.36. The molecule has 0 saturated carbocycles. The van der Waals surface area contributed by atoms with Gasteiger partial charge in [0.05, 0.1) is 6.10 Å². The molecule has 1 saturated heterocycles. The van der Waals surface area contributed by atoms with Crippen LogP contribution in [-0.2, 0) is 9.47 Å². The highest BCUT2D eigenvalue weighted by molar-refractivity contribution is 7.10. The third-order valence-corrected chi connectivity index (χ3v) is 5.14. The van der Waals surface area contributed by atoms with E-state index in [-0.39, 0.29) is 12.2 Å². The summed E-state index contributed by atoms with van der Waals surface area (Å²) in [6.45, 7) is 10.2. The molecule has 0 aromatic carbocycles. The standard InChI is InChI=1S/C18H29NO3S/c1-14(16-6-5-13-23-16)21-12-9-15-7-10-19(11-8-15)17(20)22-18(2,3)4/h5-6,13-15H,7-12H2,1-4H3/t14-/m1/s1. The number of thiophene rings is 1. The molecule has 1 aliphatic heterocycles. The summed E-state index contributed by atoms with van der Waals surface area (Å²) in [4.78, 5) is 15.1. The van der Waals surface area contributed by atoms with Crippen LogP contribution >= 0.6 is 11.3 Å². The molecule has 1 atom stereocenters. The van der Waals surface area contributed by atoms with Gasteiger partial charge in [0.15, 0.2) is 0 Å². The van der Waals surface area contributed by atoms with Crippen molar-refractivity contribution in [1.82, 2.24) is 4.90 Å². The van der Waals surface area contributed by atoms with Crippen LogP contribution in [0.5, 0.6) is 0 Å². The zero-order chi connectivity index (χ0) is 16.9. The fraction of sp³-hybridized carbons (Fsp3) is 0.722. The van der Waals surface area contributed by atoms with Crippen LogP contribution in [0.3, 0.4) is 0 Å². The molecule has 0 aliphatic carbocycles. The number of ether oxygens (including phenoxy) is 2. The van der Waals surface area contributed by atoms with Crippen molar-refractivity contribution in [3.05, 3.63) is 22.4 Å². The molecule has 0 N–H and O–H groups in total. The summed E-state index contributed by atoms with van der Waals surface area (Å²) in [5.74, 6) is 0.643. The van der Waals surface area contributed by atoms with Crippen molar-refractivity contribution in [2.45, 2.75) is 58.7 Å². The van der Waals surface area contributed by atoms with E-state index in [0.29, 0.717) is 5.92 Å². The number of piperidine rings is 1. The van der Waals surface area contributed by atoms with Gasteiger partial charge in [-0.1, -0.05) is 6.07 Å². The van der Waals surface area contributed by atoms with E-state index in [0.717, 1.165) is 39.0 Å². The van der Waals surface area contributed by atoms with Crippen LogP contribution < -0.4 is 0 Å². The van der Waals surface area contributed by atoms with Crippen LogP contribution in [0, 0.1) is 5.92 Å². The molecule has 0 radical (unpaired) electrons. The van der Waals surface area contributed by atoms with Gasteiger partial charge < -0.3 is 14.4 Å². The smallest absolute Gasteiger partial charge is 0.410 e. The van der Waals surface area contributed by atoms with Gasteiger partial charge in [-0.25, -0.2) is 4.79 Å². The van der Waals surface area contributed by atoms with E-state index in [1.807, 2.05) is 25.7 Å². The Morgan fingerprint density at radius 3 is 2.65 bits per heavy atom. The third kappa shape index (κ3) is 6.15. The van der Waals surface area contributed by atoms with Gasteiger partial charge in [0, 0.05) is 24.6 Å².